The molecule has 1 atom stereocenters. The highest BCUT2D eigenvalue weighted by molar-refractivity contribution is 7.91. The number of ether oxygens (including phenoxy) is 1. The number of nitrogens with one attached hydrogen (secondary N) is 1. The maximum absolute atomic E-state index is 12.9. The summed E-state index contributed by atoms with van der Waals surface area (Å²) in [4.78, 5) is 0. The molecule has 0 spiro atoms. The third kappa shape index (κ3) is 12.3. The molecule has 0 aliphatic carbocycles. The minimum atomic E-state index is -5.55. The number of alkyl halides is 5. The molecular weight excluding hydrogens is 621 g/mol. The van der Waals surface area contributed by atoms with Gasteiger partial charge in [-0.2, -0.15) is 22.0 Å². The monoisotopic (exact) mass is 665 g/mol. The summed E-state index contributed by atoms with van der Waals surface area (Å²) in [6, 6.07) is 25.6. The molecule has 0 heterocycles. The number of hydrogen-bond donors (Lipinski definition) is 2. The van der Waals surface area contributed by atoms with Crippen molar-refractivity contribution in [3.05, 3.63) is 95.6 Å². The Bertz CT molecular complexity index is 1320. The number of allylic oxidation sites excluding steroid dienone is 1. The molecule has 2 N–H and O–H groups in total. The second-order valence-electron chi connectivity index (χ2n) is 11.2. The van der Waals surface area contributed by atoms with Gasteiger partial charge >= 0.3 is 12.1 Å². The van der Waals surface area contributed by atoms with Crippen LogP contribution >= 0.6 is 0 Å². The van der Waals surface area contributed by atoms with E-state index in [1.165, 1.54) is 5.57 Å². The number of aromatic hydroxyl groups is 1. The van der Waals surface area contributed by atoms with E-state index in [2.05, 4.69) is 36.5 Å². The van der Waals surface area contributed by atoms with Gasteiger partial charge in [0, 0.05) is 13.0 Å². The summed E-state index contributed by atoms with van der Waals surface area (Å²) in [7, 11) is 0. The maximum Gasteiger partial charge on any atom is 0.453 e. The van der Waals surface area contributed by atoms with E-state index in [0.717, 1.165) is 66.7 Å². The van der Waals surface area contributed by atoms with Crippen molar-refractivity contribution < 1.29 is 36.3 Å². The Balaban J connectivity index is 1.33. The molecule has 3 rings (SSSR count). The van der Waals surface area contributed by atoms with Crippen molar-refractivity contribution in [3.8, 4) is 11.5 Å². The predicted octanol–water partition coefficient (Wildman–Crippen LogP) is 9.41. The number of phenols is 1. The lowest BCUT2D eigenvalue weighted by atomic mass is 9.88. The fraction of sp³-hybridized carbons (Fsp3) is 0.444. The van der Waals surface area contributed by atoms with Gasteiger partial charge in [0.2, 0.25) is 0 Å². The Morgan fingerprint density at radius 3 is 1.96 bits per heavy atom. The summed E-state index contributed by atoms with van der Waals surface area (Å²) >= 11 is -1.37. The van der Waals surface area contributed by atoms with E-state index >= 15 is 0 Å². The highest BCUT2D eigenvalue weighted by atomic mass is 32.2. The van der Waals surface area contributed by atoms with Gasteiger partial charge in [-0.3, -0.25) is 0 Å². The van der Waals surface area contributed by atoms with Crippen LogP contribution in [0.1, 0.15) is 75.0 Å². The Morgan fingerprint density at radius 1 is 0.739 bits per heavy atom. The minimum Gasteiger partial charge on any atom is -0.616 e. The first-order chi connectivity index (χ1) is 22.0. The van der Waals surface area contributed by atoms with Crippen LogP contribution in [-0.2, 0) is 11.2 Å². The summed E-state index contributed by atoms with van der Waals surface area (Å²) in [6.45, 7) is 4.19. The van der Waals surface area contributed by atoms with Crippen molar-refractivity contribution in [2.45, 2.75) is 70.4 Å². The molecule has 4 nitrogen and oxygen atoms in total. The van der Waals surface area contributed by atoms with E-state index in [0.29, 0.717) is 25.3 Å². The first kappa shape index (κ1) is 37.4. The summed E-state index contributed by atoms with van der Waals surface area (Å²) in [5.74, 6) is -3.52. The molecule has 0 bridgehead atoms. The molecule has 252 valence electrons. The van der Waals surface area contributed by atoms with Crippen molar-refractivity contribution in [1.82, 2.24) is 5.32 Å². The van der Waals surface area contributed by atoms with Gasteiger partial charge in [-0.05, 0) is 90.8 Å². The lowest BCUT2D eigenvalue weighted by Gasteiger charge is -2.19. The SMILES string of the molecule is CC/C(=C(\c1ccc(O)cc1)c1ccc(OCCNCCCCCCC[S+]([O-])CCCC(F)(F)C(F)(F)F)cc1)c1ccccc1. The smallest absolute Gasteiger partial charge is 0.453 e. The highest BCUT2D eigenvalue weighted by Crippen LogP contribution is 2.39. The van der Waals surface area contributed by atoms with Crippen LogP contribution in [-0.4, -0.2) is 53.0 Å². The molecular formula is C36H44F5NO3S. The van der Waals surface area contributed by atoms with Crippen LogP contribution in [0.3, 0.4) is 0 Å². The second-order valence-corrected chi connectivity index (χ2v) is 12.9. The summed E-state index contributed by atoms with van der Waals surface area (Å²) in [5, 5.41) is 13.2. The van der Waals surface area contributed by atoms with E-state index in [1.54, 1.807) is 12.1 Å². The molecule has 0 saturated carbocycles. The maximum atomic E-state index is 12.9. The van der Waals surface area contributed by atoms with Crippen molar-refractivity contribution in [3.63, 3.8) is 0 Å². The predicted molar refractivity (Wildman–Crippen MR) is 177 cm³/mol. The largest absolute Gasteiger partial charge is 0.616 e. The Kier molecular flexibility index (Phi) is 15.4. The average molecular weight is 666 g/mol. The van der Waals surface area contributed by atoms with Crippen molar-refractivity contribution in [1.29, 1.82) is 0 Å². The van der Waals surface area contributed by atoms with Gasteiger partial charge in [-0.15, -0.1) is 0 Å². The van der Waals surface area contributed by atoms with Gasteiger partial charge in [0.05, 0.1) is 0 Å². The zero-order valence-electron chi connectivity index (χ0n) is 26.3. The number of hydrogen-bond acceptors (Lipinski definition) is 4. The van der Waals surface area contributed by atoms with Gasteiger partial charge in [0.15, 0.2) is 0 Å². The number of halogens is 5. The van der Waals surface area contributed by atoms with Gasteiger partial charge in [0.1, 0.15) is 29.6 Å². The first-order valence-corrected chi connectivity index (χ1v) is 17.3. The Morgan fingerprint density at radius 2 is 1.33 bits per heavy atom. The summed E-state index contributed by atoms with van der Waals surface area (Å²) in [6.07, 6.45) is -2.03. The molecule has 1 unspecified atom stereocenters. The first-order valence-electron chi connectivity index (χ1n) is 15.8. The van der Waals surface area contributed by atoms with E-state index < -0.39 is 36.1 Å². The van der Waals surface area contributed by atoms with Gasteiger partial charge in [-0.1, -0.05) is 85.5 Å². The quantitative estimate of drug-likeness (QED) is 0.0547. The molecule has 3 aromatic carbocycles. The average Bonchev–Trinajstić information content (AvgIpc) is 3.03. The fourth-order valence-electron chi connectivity index (χ4n) is 5.13. The second kappa shape index (κ2) is 18.9. The van der Waals surface area contributed by atoms with Gasteiger partial charge < -0.3 is 19.7 Å². The lowest BCUT2D eigenvalue weighted by molar-refractivity contribution is -0.284. The van der Waals surface area contributed by atoms with Crippen LogP contribution in [0.4, 0.5) is 22.0 Å². The van der Waals surface area contributed by atoms with E-state index in [1.807, 2.05) is 42.5 Å². The minimum absolute atomic E-state index is 0.131. The van der Waals surface area contributed by atoms with Crippen molar-refractivity contribution in [2.24, 2.45) is 0 Å². The van der Waals surface area contributed by atoms with E-state index in [-0.39, 0.29) is 11.5 Å². The van der Waals surface area contributed by atoms with Crippen LogP contribution in [0.15, 0.2) is 78.9 Å². The van der Waals surface area contributed by atoms with Crippen molar-refractivity contribution >= 4 is 22.3 Å². The zero-order chi connectivity index (χ0) is 33.4. The molecule has 0 saturated heterocycles. The topological polar surface area (TPSA) is 64.5 Å². The number of phenolic OH excluding ortho intramolecular Hbond substituents is 1. The van der Waals surface area contributed by atoms with Gasteiger partial charge in [-0.25, -0.2) is 0 Å². The van der Waals surface area contributed by atoms with Crippen LogP contribution in [0.2, 0.25) is 0 Å². The lowest BCUT2D eigenvalue weighted by Crippen LogP contribution is -2.36. The van der Waals surface area contributed by atoms with E-state index in [4.69, 9.17) is 4.74 Å². The standard InChI is InChI=1S/C36H44F5NO3S/c1-2-33(28-12-7-6-8-13-28)34(29-14-18-31(43)19-15-29)30-16-20-32(21-17-30)45-25-24-42-23-9-4-3-5-10-26-46(44)27-11-22-35(37,38)36(39,40)41/h6-8,12-21,42-43H,2-5,9-11,22-27H2,1H3/b34-33-. The van der Waals surface area contributed by atoms with Gasteiger partial charge in [0.25, 0.3) is 0 Å². The Labute approximate surface area is 272 Å². The Hall–Kier alpha value is -3.08. The highest BCUT2D eigenvalue weighted by Gasteiger charge is 2.56. The number of rotatable bonds is 20. The molecule has 0 fully saturated rings. The van der Waals surface area contributed by atoms with Crippen LogP contribution in [0.25, 0.3) is 11.1 Å². The number of unbranched alkanes of at least 4 members (excludes halogenated alkanes) is 4. The normalized spacial score (nSPS) is 13.4. The van der Waals surface area contributed by atoms with Crippen LogP contribution < -0.4 is 10.1 Å². The van der Waals surface area contributed by atoms with Crippen molar-refractivity contribution in [2.75, 3.05) is 31.2 Å². The molecule has 10 heteroatoms. The number of benzene rings is 3. The molecule has 0 radical (unpaired) electrons. The summed E-state index contributed by atoms with van der Waals surface area (Å²) < 4.78 is 80.2. The summed E-state index contributed by atoms with van der Waals surface area (Å²) in [5.41, 5.74) is 5.58. The third-order valence-electron chi connectivity index (χ3n) is 7.63. The molecule has 0 aromatic heterocycles. The van der Waals surface area contributed by atoms with Crippen LogP contribution in [0.5, 0.6) is 11.5 Å². The zero-order valence-corrected chi connectivity index (χ0v) is 27.1. The van der Waals surface area contributed by atoms with E-state index in [9.17, 15) is 31.6 Å². The fourth-order valence-corrected chi connectivity index (χ4v) is 6.33. The molecule has 0 amide bonds. The molecule has 0 aliphatic heterocycles. The van der Waals surface area contributed by atoms with Crippen LogP contribution in [0, 0.1) is 0 Å². The molecule has 0 aliphatic rings. The third-order valence-corrected chi connectivity index (χ3v) is 9.12. The molecule has 46 heavy (non-hydrogen) atoms. The molecule has 3 aromatic rings.